The molecule has 0 spiro atoms. The normalized spacial score (nSPS) is 24.3. The molecule has 1 aromatic heterocycles. The van der Waals surface area contributed by atoms with Gasteiger partial charge in [-0.15, -0.1) is 11.3 Å². The summed E-state index contributed by atoms with van der Waals surface area (Å²) in [6.07, 6.45) is 10.6. The van der Waals surface area contributed by atoms with Crippen molar-refractivity contribution in [1.82, 2.24) is 0 Å². The number of benzene rings is 7. The van der Waals surface area contributed by atoms with Crippen LogP contribution in [0.1, 0.15) is 220 Å². The molecule has 0 radical (unpaired) electrons. The van der Waals surface area contributed by atoms with Gasteiger partial charge >= 0.3 is 0 Å². The Hall–Kier alpha value is -5.78. The van der Waals surface area contributed by atoms with Gasteiger partial charge in [-0.05, 0) is 211 Å². The lowest BCUT2D eigenvalue weighted by Crippen LogP contribution is -2.62. The number of rotatable bonds is 3. The third-order valence-electron chi connectivity index (χ3n) is 23.4. The molecule has 0 bridgehead atoms. The van der Waals surface area contributed by atoms with Crippen molar-refractivity contribution >= 4 is 100 Å². The summed E-state index contributed by atoms with van der Waals surface area (Å²) >= 11 is 1.94. The molecule has 7 aromatic carbocycles. The molecule has 1 fully saturated rings. The van der Waals surface area contributed by atoms with E-state index >= 15 is 0 Å². The first-order valence-electron chi connectivity index (χ1n) is 31.6. The molecule has 3 nitrogen and oxygen atoms in total. The van der Waals surface area contributed by atoms with Crippen LogP contribution in [-0.4, -0.2) is 12.3 Å². The van der Waals surface area contributed by atoms with Crippen LogP contribution in [0.15, 0.2) is 115 Å². The summed E-state index contributed by atoms with van der Waals surface area (Å²) in [5.41, 5.74) is 27.0. The van der Waals surface area contributed by atoms with Crippen LogP contribution < -0.4 is 31.1 Å². The molecule has 2 unspecified atom stereocenters. The first-order valence-corrected chi connectivity index (χ1v) is 32.4. The summed E-state index contributed by atoms with van der Waals surface area (Å²) in [6, 6.07) is 48.2. The summed E-state index contributed by atoms with van der Waals surface area (Å²) in [6.45, 7) is 42.6. The van der Waals surface area contributed by atoms with E-state index in [4.69, 9.17) is 0 Å². The zero-order valence-corrected chi connectivity index (χ0v) is 53.5. The molecule has 3 aliphatic heterocycles. The third-order valence-corrected chi connectivity index (χ3v) is 24.6. The Balaban J connectivity index is 1.13. The summed E-state index contributed by atoms with van der Waals surface area (Å²) in [7, 11) is 0. The summed E-state index contributed by atoms with van der Waals surface area (Å²) in [4.78, 5) is 8.52. The van der Waals surface area contributed by atoms with Crippen molar-refractivity contribution < 1.29 is 0 Å². The van der Waals surface area contributed by atoms with Crippen molar-refractivity contribution in [2.75, 3.05) is 14.7 Å². The Kier molecular flexibility index (Phi) is 10.7. The Morgan fingerprint density at radius 1 is 0.415 bits per heavy atom. The first kappa shape index (κ1) is 53.0. The lowest BCUT2D eigenvalue weighted by Gasteiger charge is -2.51. The van der Waals surface area contributed by atoms with Gasteiger partial charge < -0.3 is 14.7 Å². The monoisotopic (exact) mass is 1100 g/mol. The van der Waals surface area contributed by atoms with Crippen LogP contribution in [0.3, 0.4) is 0 Å². The Bertz CT molecular complexity index is 4100. The topological polar surface area (TPSA) is 9.72 Å². The number of anilines is 8. The van der Waals surface area contributed by atoms with Gasteiger partial charge in [-0.2, -0.15) is 0 Å². The van der Waals surface area contributed by atoms with Crippen LogP contribution in [0.4, 0.5) is 45.5 Å². The fourth-order valence-electron chi connectivity index (χ4n) is 18.4. The number of nitrogens with zero attached hydrogens (tertiary/aromatic N) is 3. The van der Waals surface area contributed by atoms with E-state index < -0.39 is 0 Å². The van der Waals surface area contributed by atoms with E-state index in [0.717, 1.165) is 12.8 Å². The summed E-state index contributed by atoms with van der Waals surface area (Å²) in [5.74, 6) is 0. The van der Waals surface area contributed by atoms with Gasteiger partial charge in [0.2, 0.25) is 0 Å². The zero-order chi connectivity index (χ0) is 57.6. The van der Waals surface area contributed by atoms with E-state index in [9.17, 15) is 0 Å². The highest BCUT2D eigenvalue weighted by Gasteiger charge is 2.59. The highest BCUT2D eigenvalue weighted by molar-refractivity contribution is 7.26. The lowest BCUT2D eigenvalue weighted by atomic mass is 9.33. The van der Waals surface area contributed by atoms with Crippen LogP contribution in [0.5, 0.6) is 0 Å². The van der Waals surface area contributed by atoms with Gasteiger partial charge in [-0.25, -0.2) is 0 Å². The predicted molar refractivity (Wildman–Crippen MR) is 356 cm³/mol. The van der Waals surface area contributed by atoms with Crippen LogP contribution >= 0.6 is 11.3 Å². The molecule has 0 saturated heterocycles. The van der Waals surface area contributed by atoms with Crippen LogP contribution in [0.2, 0.25) is 0 Å². The minimum atomic E-state index is -0.157. The largest absolute Gasteiger partial charge is 0.334 e. The molecule has 5 heteroatoms. The number of thiophene rings is 1. The van der Waals surface area contributed by atoms with E-state index in [1.807, 2.05) is 11.3 Å². The fourth-order valence-corrected chi connectivity index (χ4v) is 19.6. The van der Waals surface area contributed by atoms with Gasteiger partial charge in [-0.3, -0.25) is 0 Å². The van der Waals surface area contributed by atoms with Crippen molar-refractivity contribution in [3.05, 3.63) is 160 Å². The predicted octanol–water partition coefficient (Wildman–Crippen LogP) is 19.8. The zero-order valence-electron chi connectivity index (χ0n) is 52.7. The second-order valence-electron chi connectivity index (χ2n) is 32.5. The van der Waals surface area contributed by atoms with Gasteiger partial charge in [0.15, 0.2) is 0 Å². The minimum Gasteiger partial charge on any atom is -0.334 e. The maximum Gasteiger partial charge on any atom is 0.252 e. The average Bonchev–Trinajstić information content (AvgIpc) is 1.31. The van der Waals surface area contributed by atoms with E-state index in [2.05, 4.69) is 248 Å². The molecule has 7 aliphatic rings. The van der Waals surface area contributed by atoms with Crippen molar-refractivity contribution in [1.29, 1.82) is 0 Å². The SMILES string of the molecule is CC(C)(C)c1ccc2c(c1)C1(C)CCCCC1(C)N2c1cc2c3c(c1)N(c1cccc4sc5ccccc5c14)c1cc4c(cc1B3c1cc3c(cc1N2c1ccc2c(c1)C(C)(C)CCC2(C)C)C(C)(C)CCC3(C)C)C(C)(C)CC4(C)C. The molecular formula is C77H88BN3S. The fraction of sp³-hybridized carbons (Fsp3) is 0.455. The molecule has 2 atom stereocenters. The van der Waals surface area contributed by atoms with E-state index in [1.165, 1.54) is 172 Å². The second kappa shape index (κ2) is 16.6. The smallest absolute Gasteiger partial charge is 0.252 e. The van der Waals surface area contributed by atoms with Crippen LogP contribution in [-0.2, 0) is 43.3 Å². The minimum absolute atomic E-state index is 0.00382. The molecule has 4 aliphatic carbocycles. The molecule has 0 amide bonds. The Morgan fingerprint density at radius 2 is 0.963 bits per heavy atom. The highest BCUT2D eigenvalue weighted by atomic mass is 32.1. The van der Waals surface area contributed by atoms with Crippen molar-refractivity contribution in [3.63, 3.8) is 0 Å². The second-order valence-corrected chi connectivity index (χ2v) is 33.6. The number of hydrogen-bond donors (Lipinski definition) is 0. The molecule has 1 saturated carbocycles. The van der Waals surface area contributed by atoms with Crippen LogP contribution in [0.25, 0.3) is 20.2 Å². The molecular weight excluding hydrogens is 1010 g/mol. The van der Waals surface area contributed by atoms with Crippen molar-refractivity contribution in [3.8, 4) is 0 Å². The lowest BCUT2D eigenvalue weighted by molar-refractivity contribution is 0.195. The maximum absolute atomic E-state index is 2.90. The molecule has 8 aromatic rings. The van der Waals surface area contributed by atoms with Crippen molar-refractivity contribution in [2.24, 2.45) is 0 Å². The summed E-state index contributed by atoms with van der Waals surface area (Å²) in [5, 5.41) is 2.69. The van der Waals surface area contributed by atoms with E-state index in [-0.39, 0.29) is 55.6 Å². The molecule has 15 rings (SSSR count). The van der Waals surface area contributed by atoms with Gasteiger partial charge in [-0.1, -0.05) is 178 Å². The van der Waals surface area contributed by atoms with Gasteiger partial charge in [0.25, 0.3) is 6.71 Å². The van der Waals surface area contributed by atoms with Crippen LogP contribution in [0, 0.1) is 0 Å². The molecule has 420 valence electrons. The quantitative estimate of drug-likeness (QED) is 0.163. The average molecular weight is 1100 g/mol. The van der Waals surface area contributed by atoms with E-state index in [0.29, 0.717) is 0 Å². The van der Waals surface area contributed by atoms with Crippen molar-refractivity contribution in [2.45, 2.75) is 224 Å². The van der Waals surface area contributed by atoms with Gasteiger partial charge in [0.1, 0.15) is 0 Å². The maximum atomic E-state index is 2.90. The first-order chi connectivity index (χ1) is 38.5. The molecule has 82 heavy (non-hydrogen) atoms. The summed E-state index contributed by atoms with van der Waals surface area (Å²) < 4.78 is 2.68. The Morgan fingerprint density at radius 3 is 1.62 bits per heavy atom. The number of hydrogen-bond acceptors (Lipinski definition) is 4. The molecule has 0 N–H and O–H groups in total. The van der Waals surface area contributed by atoms with Gasteiger partial charge in [0.05, 0.1) is 11.2 Å². The molecule has 4 heterocycles. The third kappa shape index (κ3) is 7.07. The highest BCUT2D eigenvalue weighted by Crippen LogP contribution is 2.63. The Labute approximate surface area is 496 Å². The van der Waals surface area contributed by atoms with Gasteiger partial charge in [0, 0.05) is 65.4 Å². The standard InChI is InChI=1S/C77H88BN3S/c1-69(2,3)46-27-30-59-56(37-46)76(16)31-20-21-32-77(76,17)81(59)48-39-63-68-64(40-48)80(60-24-22-26-66-67(60)49-23-18-19-25-65(49)82-66)62-44-55-53(74(12,13)45-75(55,14)15)42-58(62)78(68)57-41-52-54(73(10,11)36-35-72(52,8)9)43-61(57)79(63)47-28-29-50-51(38-47)71(6,7)34-33-70(50,4)5/h18-19,22-30,37-44H,20-21,31-36,45H2,1-17H3. The number of fused-ring (bicyclic) bond motifs is 13. The van der Waals surface area contributed by atoms with E-state index in [1.54, 1.807) is 0 Å².